The number of rotatable bonds is 3. The van der Waals surface area contributed by atoms with Gasteiger partial charge in [0.2, 0.25) is 5.69 Å². The summed E-state index contributed by atoms with van der Waals surface area (Å²) >= 11 is 0. The summed E-state index contributed by atoms with van der Waals surface area (Å²) in [6.45, 7) is 13.8. The lowest BCUT2D eigenvalue weighted by molar-refractivity contribution is -0.660. The zero-order valence-corrected chi connectivity index (χ0v) is 16.1. The van der Waals surface area contributed by atoms with Crippen molar-refractivity contribution in [1.29, 1.82) is 0 Å². The highest BCUT2D eigenvalue weighted by Crippen LogP contribution is 2.37. The molecule has 0 saturated carbocycles. The lowest BCUT2D eigenvalue weighted by atomic mass is 9.97. The fraction of sp³-hybridized carbons (Fsp3) is 0.261. The van der Waals surface area contributed by atoms with Crippen LogP contribution in [0.25, 0.3) is 38.2 Å². The van der Waals surface area contributed by atoms with E-state index < -0.39 is 0 Å². The minimum absolute atomic E-state index is 0.351. The van der Waals surface area contributed by atoms with Crippen LogP contribution in [0.5, 0.6) is 0 Å². The van der Waals surface area contributed by atoms with Gasteiger partial charge in [0.1, 0.15) is 7.05 Å². The molecule has 0 bridgehead atoms. The summed E-state index contributed by atoms with van der Waals surface area (Å²) in [6.07, 6.45) is 3.15. The van der Waals surface area contributed by atoms with E-state index in [1.807, 2.05) is 6.07 Å². The van der Waals surface area contributed by atoms with Gasteiger partial charge in [0.05, 0.1) is 10.9 Å². The van der Waals surface area contributed by atoms with E-state index >= 15 is 0 Å². The number of hydrogen-bond acceptors (Lipinski definition) is 2. The number of hydrogen-bond donors (Lipinski definition) is 0. The summed E-state index contributed by atoms with van der Waals surface area (Å²) in [7, 11) is 2.06. The molecule has 27 heavy (non-hydrogen) atoms. The summed E-state index contributed by atoms with van der Waals surface area (Å²) in [4.78, 5) is 7.76. The lowest BCUT2D eigenvalue weighted by Crippen LogP contribution is -2.31. The molecule has 0 atom stereocenters. The first kappa shape index (κ1) is 17.2. The molecular formula is C23H22N3O+. The molecule has 0 aliphatic rings. The Labute approximate surface area is 158 Å². The van der Waals surface area contributed by atoms with Crippen LogP contribution in [0.1, 0.15) is 25.0 Å². The molecule has 0 fully saturated rings. The summed E-state index contributed by atoms with van der Waals surface area (Å²) in [5.74, 6) is 0.953. The maximum atomic E-state index is 7.19. The molecule has 0 spiro atoms. The predicted molar refractivity (Wildman–Crippen MR) is 108 cm³/mol. The van der Waals surface area contributed by atoms with E-state index in [0.29, 0.717) is 17.4 Å². The Morgan fingerprint density at radius 1 is 1.15 bits per heavy atom. The first-order chi connectivity index (χ1) is 13.0. The Kier molecular flexibility index (Phi) is 4.16. The number of aromatic nitrogens is 2. The molecule has 4 aromatic rings. The molecular weight excluding hydrogens is 334 g/mol. The van der Waals surface area contributed by atoms with Gasteiger partial charge in [-0.2, -0.15) is 0 Å². The number of aryl methyl sites for hydroxylation is 2. The SMILES string of the molecule is [C-]#[N+]c1ccc2c(n1)oc1c(-c3cc(CC(C)C)cc[n+]3C)c(C)ccc12. The van der Waals surface area contributed by atoms with Gasteiger partial charge >= 0.3 is 5.71 Å². The van der Waals surface area contributed by atoms with Crippen LogP contribution < -0.4 is 4.57 Å². The highest BCUT2D eigenvalue weighted by atomic mass is 16.3. The Morgan fingerprint density at radius 2 is 1.93 bits per heavy atom. The molecule has 4 heteroatoms. The minimum Gasteiger partial charge on any atom is -0.419 e. The predicted octanol–water partition coefficient (Wildman–Crippen LogP) is 5.53. The number of furan rings is 1. The van der Waals surface area contributed by atoms with Gasteiger partial charge in [0, 0.05) is 17.5 Å². The molecule has 0 unspecified atom stereocenters. The third-order valence-corrected chi connectivity index (χ3v) is 4.93. The maximum absolute atomic E-state index is 7.19. The molecule has 4 nitrogen and oxygen atoms in total. The van der Waals surface area contributed by atoms with Gasteiger partial charge in [0.15, 0.2) is 11.8 Å². The second-order valence-electron chi connectivity index (χ2n) is 7.50. The molecule has 0 N–H and O–H groups in total. The normalized spacial score (nSPS) is 11.4. The van der Waals surface area contributed by atoms with Crippen LogP contribution in [0.3, 0.4) is 0 Å². The number of nitrogens with zero attached hydrogens (tertiary/aromatic N) is 3. The van der Waals surface area contributed by atoms with Gasteiger partial charge in [-0.1, -0.05) is 43.6 Å². The van der Waals surface area contributed by atoms with Crippen molar-refractivity contribution < 1.29 is 8.98 Å². The topological polar surface area (TPSA) is 34.3 Å². The van der Waals surface area contributed by atoms with Crippen molar-refractivity contribution in [1.82, 2.24) is 4.98 Å². The van der Waals surface area contributed by atoms with E-state index in [9.17, 15) is 0 Å². The highest BCUT2D eigenvalue weighted by molar-refractivity contribution is 6.09. The maximum Gasteiger partial charge on any atom is 0.322 e. The third kappa shape index (κ3) is 2.96. The van der Waals surface area contributed by atoms with E-state index in [-0.39, 0.29) is 0 Å². The Hall–Kier alpha value is -3.19. The van der Waals surface area contributed by atoms with E-state index in [2.05, 4.69) is 72.7 Å². The fourth-order valence-electron chi connectivity index (χ4n) is 3.65. The highest BCUT2D eigenvalue weighted by Gasteiger charge is 2.22. The summed E-state index contributed by atoms with van der Waals surface area (Å²) in [5.41, 5.74) is 6.04. The van der Waals surface area contributed by atoms with Crippen LogP contribution in [0.4, 0.5) is 5.82 Å². The van der Waals surface area contributed by atoms with Gasteiger partial charge in [-0.15, -0.1) is 0 Å². The van der Waals surface area contributed by atoms with Crippen molar-refractivity contribution in [2.45, 2.75) is 27.2 Å². The van der Waals surface area contributed by atoms with Crippen LogP contribution in [0.2, 0.25) is 0 Å². The molecule has 4 rings (SSSR count). The van der Waals surface area contributed by atoms with E-state index in [0.717, 1.165) is 39.6 Å². The first-order valence-corrected chi connectivity index (χ1v) is 9.17. The summed E-state index contributed by atoms with van der Waals surface area (Å²) in [5, 5.41) is 1.98. The Bertz CT molecular complexity index is 1210. The number of fused-ring (bicyclic) bond motifs is 3. The molecule has 1 aromatic carbocycles. The average Bonchev–Trinajstić information content (AvgIpc) is 3.00. The van der Waals surface area contributed by atoms with Crippen LogP contribution in [-0.4, -0.2) is 4.98 Å². The van der Waals surface area contributed by atoms with Crippen LogP contribution in [-0.2, 0) is 13.5 Å². The molecule has 3 aromatic heterocycles. The smallest absolute Gasteiger partial charge is 0.322 e. The number of benzene rings is 1. The van der Waals surface area contributed by atoms with Gasteiger partial charge in [0.25, 0.3) is 5.82 Å². The largest absolute Gasteiger partial charge is 0.419 e. The first-order valence-electron chi connectivity index (χ1n) is 9.17. The molecule has 0 aliphatic carbocycles. The molecule has 0 radical (unpaired) electrons. The van der Waals surface area contributed by atoms with Crippen molar-refractivity contribution in [3.05, 3.63) is 65.1 Å². The molecule has 0 amide bonds. The van der Waals surface area contributed by atoms with Gasteiger partial charge < -0.3 is 9.26 Å². The average molecular weight is 356 g/mol. The second-order valence-corrected chi connectivity index (χ2v) is 7.50. The quantitative estimate of drug-likeness (QED) is 0.357. The lowest BCUT2D eigenvalue weighted by Gasteiger charge is -2.09. The van der Waals surface area contributed by atoms with Gasteiger partial charge in [-0.25, -0.2) is 4.57 Å². The zero-order valence-electron chi connectivity index (χ0n) is 16.1. The zero-order chi connectivity index (χ0) is 19.1. The fourth-order valence-corrected chi connectivity index (χ4v) is 3.65. The van der Waals surface area contributed by atoms with Gasteiger partial charge in [-0.3, -0.25) is 0 Å². The monoisotopic (exact) mass is 356 g/mol. The minimum atomic E-state index is 0.351. The van der Waals surface area contributed by atoms with Crippen molar-refractivity contribution in [2.24, 2.45) is 13.0 Å². The molecule has 3 heterocycles. The van der Waals surface area contributed by atoms with Crippen molar-refractivity contribution in [3.63, 3.8) is 0 Å². The molecule has 134 valence electrons. The Balaban J connectivity index is 2.02. The Morgan fingerprint density at radius 3 is 2.67 bits per heavy atom. The van der Waals surface area contributed by atoms with Gasteiger partial charge in [-0.05, 0) is 36.5 Å². The molecule has 0 saturated heterocycles. The van der Waals surface area contributed by atoms with E-state index in [1.54, 1.807) is 6.07 Å². The van der Waals surface area contributed by atoms with Crippen LogP contribution in [0.15, 0.2) is 47.0 Å². The number of pyridine rings is 2. The van der Waals surface area contributed by atoms with Crippen molar-refractivity contribution in [2.75, 3.05) is 0 Å². The van der Waals surface area contributed by atoms with Crippen LogP contribution >= 0.6 is 0 Å². The summed E-state index contributed by atoms with van der Waals surface area (Å²) < 4.78 is 8.31. The van der Waals surface area contributed by atoms with Crippen LogP contribution in [0, 0.1) is 19.4 Å². The molecule has 0 aliphatic heterocycles. The van der Waals surface area contributed by atoms with Crippen molar-refractivity contribution >= 4 is 27.9 Å². The van der Waals surface area contributed by atoms with E-state index in [4.69, 9.17) is 11.0 Å². The third-order valence-electron chi connectivity index (χ3n) is 4.93. The standard InChI is InChI=1S/C23H22N3O/c1-14(2)12-16-10-11-26(5)19(13-16)21-15(3)6-7-17-18-8-9-20(24-4)25-23(18)27-22(17)21/h6-11,13-14H,12H2,1-3,5H3/q+1. The van der Waals surface area contributed by atoms with E-state index in [1.165, 1.54) is 5.56 Å². The second kappa shape index (κ2) is 6.51. The van der Waals surface area contributed by atoms with Crippen molar-refractivity contribution in [3.8, 4) is 11.3 Å². The summed E-state index contributed by atoms with van der Waals surface area (Å²) in [6, 6.07) is 12.3.